The molecule has 0 fully saturated rings. The third kappa shape index (κ3) is 6.87. The molecule has 29 heavy (non-hydrogen) atoms. The molecule has 0 aliphatic carbocycles. The highest BCUT2D eigenvalue weighted by Gasteiger charge is 2.20. The van der Waals surface area contributed by atoms with Crippen molar-refractivity contribution in [3.63, 3.8) is 0 Å². The maximum Gasteiger partial charge on any atom is 0.387 e. The molecule has 2 N–H and O–H groups in total. The number of nitrogens with one attached hydrogen (secondary N) is 2. The first-order valence-corrected chi connectivity index (χ1v) is 8.65. The van der Waals surface area contributed by atoms with E-state index >= 15 is 0 Å². The fourth-order valence-corrected chi connectivity index (χ4v) is 2.27. The monoisotopic (exact) mass is 406 g/mol. The van der Waals surface area contributed by atoms with Crippen LogP contribution in [0.25, 0.3) is 0 Å². The normalized spacial score (nSPS) is 11.5. The molecule has 2 aromatic rings. The van der Waals surface area contributed by atoms with Gasteiger partial charge in [0.1, 0.15) is 12.3 Å². The van der Waals surface area contributed by atoms with Gasteiger partial charge < -0.3 is 20.1 Å². The second-order valence-electron chi connectivity index (χ2n) is 6.04. The van der Waals surface area contributed by atoms with Gasteiger partial charge in [0.2, 0.25) is 0 Å². The Bertz CT molecular complexity index is 871. The number of hydrogen-bond acceptors (Lipinski definition) is 5. The van der Waals surface area contributed by atoms with Crippen molar-refractivity contribution in [2.45, 2.75) is 26.6 Å². The van der Waals surface area contributed by atoms with Crippen molar-refractivity contribution in [1.82, 2.24) is 5.32 Å². The number of benzene rings is 2. The Morgan fingerprint density at radius 1 is 1.03 bits per heavy atom. The van der Waals surface area contributed by atoms with Gasteiger partial charge in [-0.25, -0.2) is 0 Å². The number of para-hydroxylation sites is 1. The first-order chi connectivity index (χ1) is 13.8. The summed E-state index contributed by atoms with van der Waals surface area (Å²) < 4.78 is 34.1. The van der Waals surface area contributed by atoms with E-state index in [1.54, 1.807) is 12.1 Å². The molecule has 9 heteroatoms. The largest absolute Gasteiger partial charge is 0.451 e. The highest BCUT2D eigenvalue weighted by atomic mass is 19.3. The van der Waals surface area contributed by atoms with E-state index in [2.05, 4.69) is 15.4 Å². The molecular weight excluding hydrogens is 386 g/mol. The van der Waals surface area contributed by atoms with Crippen LogP contribution in [0.2, 0.25) is 0 Å². The van der Waals surface area contributed by atoms with Crippen LogP contribution in [0.5, 0.6) is 5.75 Å². The van der Waals surface area contributed by atoms with Gasteiger partial charge in [0.05, 0.1) is 5.56 Å². The van der Waals surface area contributed by atoms with E-state index in [0.717, 1.165) is 5.56 Å². The lowest BCUT2D eigenvalue weighted by molar-refractivity contribution is -0.152. The molecule has 0 saturated carbocycles. The molecule has 0 aliphatic rings. The van der Waals surface area contributed by atoms with Gasteiger partial charge in [-0.15, -0.1) is 0 Å². The average Bonchev–Trinajstić information content (AvgIpc) is 2.67. The number of halogens is 2. The molecule has 0 bridgehead atoms. The summed E-state index contributed by atoms with van der Waals surface area (Å²) in [6.45, 7) is -0.358. The predicted octanol–water partition coefficient (Wildman–Crippen LogP) is 2.90. The third-order valence-electron chi connectivity index (χ3n) is 3.74. The van der Waals surface area contributed by atoms with Gasteiger partial charge >= 0.3 is 12.6 Å². The molecule has 0 radical (unpaired) electrons. The number of ether oxygens (including phenoxy) is 2. The van der Waals surface area contributed by atoms with Crippen LogP contribution >= 0.6 is 0 Å². The van der Waals surface area contributed by atoms with Crippen LogP contribution in [0.15, 0.2) is 48.5 Å². The number of anilines is 1. The summed E-state index contributed by atoms with van der Waals surface area (Å²) in [6.07, 6.45) is -1.10. The number of carbonyl (C=O) groups excluding carboxylic acids is 3. The molecule has 154 valence electrons. The van der Waals surface area contributed by atoms with E-state index in [1.165, 1.54) is 31.2 Å². The van der Waals surface area contributed by atoms with Crippen LogP contribution in [0.3, 0.4) is 0 Å². The molecule has 0 spiro atoms. The van der Waals surface area contributed by atoms with Crippen molar-refractivity contribution >= 4 is 23.5 Å². The maximum absolute atomic E-state index is 12.4. The lowest BCUT2D eigenvalue weighted by atomic mass is 10.2. The van der Waals surface area contributed by atoms with Crippen LogP contribution < -0.4 is 15.4 Å². The highest BCUT2D eigenvalue weighted by molar-refractivity contribution is 5.99. The van der Waals surface area contributed by atoms with Gasteiger partial charge in [-0.3, -0.25) is 14.4 Å². The zero-order valence-corrected chi connectivity index (χ0v) is 15.8. The lowest BCUT2D eigenvalue weighted by Gasteiger charge is -2.14. The van der Waals surface area contributed by atoms with Crippen LogP contribution in [-0.4, -0.2) is 37.0 Å². The first-order valence-electron chi connectivity index (χ1n) is 8.65. The Kier molecular flexibility index (Phi) is 7.64. The Morgan fingerprint density at radius 2 is 1.69 bits per heavy atom. The summed E-state index contributed by atoms with van der Waals surface area (Å²) in [5.74, 6) is -2.52. The Labute approximate surface area is 166 Å². The van der Waals surface area contributed by atoms with Crippen LogP contribution in [0.4, 0.5) is 14.5 Å². The van der Waals surface area contributed by atoms with Gasteiger partial charge in [-0.1, -0.05) is 29.8 Å². The van der Waals surface area contributed by atoms with Gasteiger partial charge in [-0.2, -0.15) is 8.78 Å². The Hall–Kier alpha value is -3.49. The molecule has 0 unspecified atom stereocenters. The topological polar surface area (TPSA) is 93.7 Å². The smallest absolute Gasteiger partial charge is 0.387 e. The van der Waals surface area contributed by atoms with Gasteiger partial charge in [0, 0.05) is 5.69 Å². The van der Waals surface area contributed by atoms with Gasteiger partial charge in [-0.05, 0) is 38.1 Å². The predicted molar refractivity (Wildman–Crippen MR) is 101 cm³/mol. The van der Waals surface area contributed by atoms with Crippen molar-refractivity contribution in [1.29, 1.82) is 0 Å². The average molecular weight is 406 g/mol. The Balaban J connectivity index is 1.85. The molecule has 2 aromatic carbocycles. The van der Waals surface area contributed by atoms with Crippen molar-refractivity contribution in [3.8, 4) is 5.75 Å². The van der Waals surface area contributed by atoms with Crippen LogP contribution in [-0.2, 0) is 14.3 Å². The van der Waals surface area contributed by atoms with E-state index in [4.69, 9.17) is 4.74 Å². The minimum atomic E-state index is -3.10. The zero-order chi connectivity index (χ0) is 21.4. The molecule has 0 aromatic heterocycles. The summed E-state index contributed by atoms with van der Waals surface area (Å²) in [4.78, 5) is 36.1. The Morgan fingerprint density at radius 3 is 2.34 bits per heavy atom. The van der Waals surface area contributed by atoms with Crippen LogP contribution in [0.1, 0.15) is 22.8 Å². The quantitative estimate of drug-likeness (QED) is 0.658. The molecule has 0 aliphatic heterocycles. The number of esters is 1. The lowest BCUT2D eigenvalue weighted by Crippen LogP contribution is -2.36. The number of aryl methyl sites for hydroxylation is 1. The summed E-state index contributed by atoms with van der Waals surface area (Å²) >= 11 is 0. The highest BCUT2D eigenvalue weighted by Crippen LogP contribution is 2.20. The standard InChI is InChI=1S/C20H20F2N2O5/c1-12-7-9-14(10-8-12)24-18(26)13(2)28-17(25)11-23-19(27)15-5-3-4-6-16(15)29-20(21)22/h3-10,13,20H,11H2,1-2H3,(H,23,27)(H,24,26)/t13-/m0/s1. The zero-order valence-electron chi connectivity index (χ0n) is 15.8. The van der Waals surface area contributed by atoms with Crippen molar-refractivity contribution in [2.24, 2.45) is 0 Å². The van der Waals surface area contributed by atoms with Crippen molar-refractivity contribution < 1.29 is 32.6 Å². The molecule has 0 saturated heterocycles. The van der Waals surface area contributed by atoms with E-state index in [1.807, 2.05) is 19.1 Å². The van der Waals surface area contributed by atoms with Crippen molar-refractivity contribution in [3.05, 3.63) is 59.7 Å². The second-order valence-corrected chi connectivity index (χ2v) is 6.04. The fourth-order valence-electron chi connectivity index (χ4n) is 2.27. The number of rotatable bonds is 8. The summed E-state index contributed by atoms with van der Waals surface area (Å²) in [6, 6.07) is 12.4. The fraction of sp³-hybridized carbons (Fsp3) is 0.250. The molecule has 2 amide bonds. The number of carbonyl (C=O) groups is 3. The molecular formula is C20H20F2N2O5. The summed E-state index contributed by atoms with van der Waals surface area (Å²) in [5, 5.41) is 4.84. The van der Waals surface area contributed by atoms with Crippen LogP contribution in [0, 0.1) is 6.92 Å². The first kappa shape index (κ1) is 21.8. The number of hydrogen-bond donors (Lipinski definition) is 2. The van der Waals surface area contributed by atoms with Crippen molar-refractivity contribution in [2.75, 3.05) is 11.9 Å². The van der Waals surface area contributed by atoms with E-state index < -0.39 is 37.0 Å². The second kappa shape index (κ2) is 10.2. The van der Waals surface area contributed by atoms with E-state index in [9.17, 15) is 23.2 Å². The summed E-state index contributed by atoms with van der Waals surface area (Å²) in [5.41, 5.74) is 1.41. The van der Waals surface area contributed by atoms with Gasteiger partial charge in [0.15, 0.2) is 6.10 Å². The molecule has 1 atom stereocenters. The SMILES string of the molecule is Cc1ccc(NC(=O)[C@H](C)OC(=O)CNC(=O)c2ccccc2OC(F)F)cc1. The maximum atomic E-state index is 12.4. The van der Waals surface area contributed by atoms with E-state index in [-0.39, 0.29) is 11.3 Å². The molecule has 0 heterocycles. The number of amides is 2. The van der Waals surface area contributed by atoms with Gasteiger partial charge in [0.25, 0.3) is 11.8 Å². The third-order valence-corrected chi connectivity index (χ3v) is 3.74. The minimum Gasteiger partial charge on any atom is -0.451 e. The number of alkyl halides is 2. The summed E-state index contributed by atoms with van der Waals surface area (Å²) in [7, 11) is 0. The molecule has 2 rings (SSSR count). The molecule has 7 nitrogen and oxygen atoms in total. The van der Waals surface area contributed by atoms with E-state index in [0.29, 0.717) is 5.69 Å². The minimum absolute atomic E-state index is 0.161.